The van der Waals surface area contributed by atoms with Crippen LogP contribution in [-0.4, -0.2) is 38.3 Å². The lowest BCUT2D eigenvalue weighted by atomic mass is 10.1. The number of sulfonamides is 1. The molecule has 31 heavy (non-hydrogen) atoms. The van der Waals surface area contributed by atoms with Gasteiger partial charge in [0.05, 0.1) is 12.2 Å². The Labute approximate surface area is 176 Å². The van der Waals surface area contributed by atoms with Gasteiger partial charge in [0.25, 0.3) is 5.91 Å². The molecule has 2 aromatic carbocycles. The standard InChI is InChI=1S/C20H20F4N2O4S/c1-2-30-17-8-6-14(12-18(17)31(28,29)26-9-3-4-10-26)25-19(27)13-5-7-16(21)15(11-13)20(22,23)24/h5-8,11-12H,2-4,9-10H2,1H3,(H,25,27). The minimum atomic E-state index is -4.96. The fourth-order valence-electron chi connectivity index (χ4n) is 3.22. The average Bonchev–Trinajstić information content (AvgIpc) is 3.24. The average molecular weight is 460 g/mol. The van der Waals surface area contributed by atoms with E-state index in [0.29, 0.717) is 25.2 Å². The Morgan fingerprint density at radius 2 is 1.81 bits per heavy atom. The van der Waals surface area contributed by atoms with Gasteiger partial charge in [-0.1, -0.05) is 0 Å². The number of alkyl halides is 3. The topological polar surface area (TPSA) is 75.7 Å². The van der Waals surface area contributed by atoms with Gasteiger partial charge in [0.1, 0.15) is 16.5 Å². The summed E-state index contributed by atoms with van der Waals surface area (Å²) in [5.41, 5.74) is -1.94. The largest absolute Gasteiger partial charge is 0.492 e. The normalized spacial score (nSPS) is 15.1. The summed E-state index contributed by atoms with van der Waals surface area (Å²) in [6.45, 7) is 2.62. The van der Waals surface area contributed by atoms with E-state index in [2.05, 4.69) is 5.32 Å². The number of carbonyl (C=O) groups is 1. The van der Waals surface area contributed by atoms with Gasteiger partial charge in [0.2, 0.25) is 10.0 Å². The molecule has 1 fully saturated rings. The van der Waals surface area contributed by atoms with E-state index in [0.717, 1.165) is 18.9 Å². The van der Waals surface area contributed by atoms with E-state index in [1.807, 2.05) is 0 Å². The summed E-state index contributed by atoms with van der Waals surface area (Å²) in [6, 6.07) is 5.81. The number of halogens is 4. The monoisotopic (exact) mass is 460 g/mol. The van der Waals surface area contributed by atoms with Gasteiger partial charge in [0, 0.05) is 24.3 Å². The van der Waals surface area contributed by atoms with Crippen LogP contribution in [0.15, 0.2) is 41.3 Å². The molecule has 0 aromatic heterocycles. The van der Waals surface area contributed by atoms with Gasteiger partial charge in [-0.25, -0.2) is 12.8 Å². The molecule has 0 bridgehead atoms. The molecule has 0 spiro atoms. The predicted octanol–water partition coefficient (Wildman–Crippen LogP) is 4.28. The van der Waals surface area contributed by atoms with E-state index in [-0.39, 0.29) is 22.9 Å². The molecule has 1 saturated heterocycles. The van der Waals surface area contributed by atoms with Gasteiger partial charge < -0.3 is 10.1 Å². The van der Waals surface area contributed by atoms with Gasteiger partial charge in [0.15, 0.2) is 0 Å². The zero-order valence-corrected chi connectivity index (χ0v) is 17.3. The summed E-state index contributed by atoms with van der Waals surface area (Å²) in [5, 5.41) is 2.36. The number of rotatable bonds is 6. The number of amides is 1. The van der Waals surface area contributed by atoms with Gasteiger partial charge in [-0.3, -0.25) is 4.79 Å². The lowest BCUT2D eigenvalue weighted by Crippen LogP contribution is -2.28. The van der Waals surface area contributed by atoms with Gasteiger partial charge in [-0.2, -0.15) is 17.5 Å². The number of benzene rings is 2. The molecule has 0 atom stereocenters. The summed E-state index contributed by atoms with van der Waals surface area (Å²) in [4.78, 5) is 12.3. The van der Waals surface area contributed by atoms with Gasteiger partial charge >= 0.3 is 6.18 Å². The second-order valence-electron chi connectivity index (χ2n) is 6.85. The summed E-state index contributed by atoms with van der Waals surface area (Å²) in [6.07, 6.45) is -3.51. The highest BCUT2D eigenvalue weighted by atomic mass is 32.2. The lowest BCUT2D eigenvalue weighted by molar-refractivity contribution is -0.140. The first-order valence-corrected chi connectivity index (χ1v) is 10.9. The maximum Gasteiger partial charge on any atom is 0.419 e. The summed E-state index contributed by atoms with van der Waals surface area (Å²) < 4.78 is 84.9. The van der Waals surface area contributed by atoms with Crippen LogP contribution in [0.3, 0.4) is 0 Å². The number of hydrogen-bond acceptors (Lipinski definition) is 4. The van der Waals surface area contributed by atoms with Crippen molar-refractivity contribution >= 4 is 21.6 Å². The molecule has 1 N–H and O–H groups in total. The Kier molecular flexibility index (Phi) is 6.56. The first kappa shape index (κ1) is 23.0. The quantitative estimate of drug-likeness (QED) is 0.653. The number of carbonyl (C=O) groups excluding carboxylic acids is 1. The fraction of sp³-hybridized carbons (Fsp3) is 0.350. The molecule has 0 aliphatic carbocycles. The van der Waals surface area contributed by atoms with Crippen molar-refractivity contribution in [1.29, 1.82) is 0 Å². The van der Waals surface area contributed by atoms with Crippen molar-refractivity contribution in [3.05, 3.63) is 53.3 Å². The maximum absolute atomic E-state index is 13.5. The van der Waals surface area contributed by atoms with Crippen molar-refractivity contribution in [1.82, 2.24) is 4.31 Å². The van der Waals surface area contributed by atoms with Crippen LogP contribution < -0.4 is 10.1 Å². The molecule has 0 radical (unpaired) electrons. The summed E-state index contributed by atoms with van der Waals surface area (Å²) in [7, 11) is -3.89. The van der Waals surface area contributed by atoms with Crippen LogP contribution in [0.25, 0.3) is 0 Å². The predicted molar refractivity (Wildman–Crippen MR) is 105 cm³/mol. The molecule has 1 amide bonds. The SMILES string of the molecule is CCOc1ccc(NC(=O)c2ccc(F)c(C(F)(F)F)c2)cc1S(=O)(=O)N1CCCC1. The van der Waals surface area contributed by atoms with Crippen LogP contribution in [0.5, 0.6) is 5.75 Å². The highest BCUT2D eigenvalue weighted by Crippen LogP contribution is 2.33. The smallest absolute Gasteiger partial charge is 0.419 e. The van der Waals surface area contributed by atoms with Gasteiger partial charge in [-0.15, -0.1) is 0 Å². The second-order valence-corrected chi connectivity index (χ2v) is 8.76. The van der Waals surface area contributed by atoms with E-state index in [1.165, 1.54) is 22.5 Å². The van der Waals surface area contributed by atoms with Crippen molar-refractivity contribution in [3.8, 4) is 5.75 Å². The van der Waals surface area contributed by atoms with Crippen LogP contribution in [0.1, 0.15) is 35.7 Å². The number of nitrogens with one attached hydrogen (secondary N) is 1. The Hall–Kier alpha value is -2.66. The lowest BCUT2D eigenvalue weighted by Gasteiger charge is -2.19. The zero-order chi connectivity index (χ0) is 22.8. The number of hydrogen-bond donors (Lipinski definition) is 1. The number of anilines is 1. The molecule has 168 valence electrons. The summed E-state index contributed by atoms with van der Waals surface area (Å²) >= 11 is 0. The van der Waals surface area contributed by atoms with Crippen LogP contribution in [0.4, 0.5) is 23.2 Å². The van der Waals surface area contributed by atoms with E-state index in [9.17, 15) is 30.8 Å². The molecular formula is C20H20F4N2O4S. The Balaban J connectivity index is 1.93. The van der Waals surface area contributed by atoms with Crippen LogP contribution in [-0.2, 0) is 16.2 Å². The molecule has 1 aliphatic heterocycles. The minimum absolute atomic E-state index is 0.0455. The Morgan fingerprint density at radius 3 is 2.42 bits per heavy atom. The fourth-order valence-corrected chi connectivity index (χ4v) is 4.89. The number of ether oxygens (including phenoxy) is 1. The van der Waals surface area contributed by atoms with E-state index >= 15 is 0 Å². The molecule has 3 rings (SSSR count). The zero-order valence-electron chi connectivity index (χ0n) is 16.5. The molecule has 0 saturated carbocycles. The van der Waals surface area contributed by atoms with Crippen molar-refractivity contribution < 1.29 is 35.5 Å². The van der Waals surface area contributed by atoms with Crippen LogP contribution in [0, 0.1) is 5.82 Å². The van der Waals surface area contributed by atoms with Gasteiger partial charge in [-0.05, 0) is 56.2 Å². The van der Waals surface area contributed by atoms with Crippen LogP contribution >= 0.6 is 0 Å². The molecular weight excluding hydrogens is 440 g/mol. The highest BCUT2D eigenvalue weighted by molar-refractivity contribution is 7.89. The minimum Gasteiger partial charge on any atom is -0.492 e. The third-order valence-corrected chi connectivity index (χ3v) is 6.64. The molecule has 1 aliphatic rings. The third-order valence-electron chi connectivity index (χ3n) is 4.72. The maximum atomic E-state index is 13.5. The molecule has 11 heteroatoms. The third kappa shape index (κ3) is 4.99. The first-order valence-electron chi connectivity index (χ1n) is 9.49. The summed E-state index contributed by atoms with van der Waals surface area (Å²) in [5.74, 6) is -2.34. The van der Waals surface area contributed by atoms with Crippen molar-refractivity contribution in [2.45, 2.75) is 30.8 Å². The van der Waals surface area contributed by atoms with E-state index in [4.69, 9.17) is 4.74 Å². The molecule has 2 aromatic rings. The second kappa shape index (κ2) is 8.83. The van der Waals surface area contributed by atoms with Crippen molar-refractivity contribution in [2.75, 3.05) is 25.0 Å². The Morgan fingerprint density at radius 1 is 1.13 bits per heavy atom. The number of nitrogens with zero attached hydrogens (tertiary/aromatic N) is 1. The molecule has 0 unspecified atom stereocenters. The van der Waals surface area contributed by atoms with Crippen LogP contribution in [0.2, 0.25) is 0 Å². The first-order chi connectivity index (χ1) is 14.5. The molecule has 6 nitrogen and oxygen atoms in total. The Bertz CT molecular complexity index is 1080. The van der Waals surface area contributed by atoms with Crippen molar-refractivity contribution in [2.24, 2.45) is 0 Å². The van der Waals surface area contributed by atoms with E-state index < -0.39 is 39.1 Å². The van der Waals surface area contributed by atoms with Crippen molar-refractivity contribution in [3.63, 3.8) is 0 Å². The highest BCUT2D eigenvalue weighted by Gasteiger charge is 2.35. The van der Waals surface area contributed by atoms with E-state index in [1.54, 1.807) is 6.92 Å². The molecule has 1 heterocycles.